The van der Waals surface area contributed by atoms with Gasteiger partial charge in [-0.2, -0.15) is 0 Å². The highest BCUT2D eigenvalue weighted by Gasteiger charge is 2.14. The molecule has 0 aliphatic carbocycles. The number of pyridine rings is 1. The van der Waals surface area contributed by atoms with Crippen LogP contribution in [0.2, 0.25) is 0 Å². The van der Waals surface area contributed by atoms with E-state index in [2.05, 4.69) is 49.3 Å². The first-order valence-electron chi connectivity index (χ1n) is 9.57. The van der Waals surface area contributed by atoms with Crippen molar-refractivity contribution in [2.45, 2.75) is 32.7 Å². The van der Waals surface area contributed by atoms with E-state index in [1.54, 1.807) is 6.20 Å². The first-order chi connectivity index (χ1) is 13.4. The van der Waals surface area contributed by atoms with Crippen LogP contribution in [0.15, 0.2) is 72.9 Å². The molecule has 0 saturated carbocycles. The molecule has 0 saturated heterocycles. The molecule has 0 spiro atoms. The summed E-state index contributed by atoms with van der Waals surface area (Å²) in [5.41, 5.74) is 4.08. The predicted molar refractivity (Wildman–Crippen MR) is 116 cm³/mol. The molecular formula is C25H24N2O. The van der Waals surface area contributed by atoms with Gasteiger partial charge >= 0.3 is 0 Å². The molecule has 1 N–H and O–H groups in total. The van der Waals surface area contributed by atoms with E-state index < -0.39 is 0 Å². The Hall–Kier alpha value is -3.20. The lowest BCUT2D eigenvalue weighted by Crippen LogP contribution is -2.22. The Morgan fingerprint density at radius 1 is 0.929 bits per heavy atom. The van der Waals surface area contributed by atoms with Crippen molar-refractivity contribution in [1.82, 2.24) is 10.3 Å². The van der Waals surface area contributed by atoms with Crippen molar-refractivity contribution in [2.24, 2.45) is 0 Å². The number of para-hydroxylation sites is 1. The number of hydrogen-bond acceptors (Lipinski definition) is 2. The standard InChI is InChI=1S/C25H24N2O/c1-25(2,3)21-11-10-17-14-19(9-8-18(17)15-21)24(28)27-16-20-12-13-26-23-7-5-4-6-22(20)23/h4-15H,16H2,1-3H3,(H,27,28). The van der Waals surface area contributed by atoms with Crippen molar-refractivity contribution < 1.29 is 4.79 Å². The first-order valence-corrected chi connectivity index (χ1v) is 9.57. The SMILES string of the molecule is CC(C)(C)c1ccc2cc(C(=O)NCc3ccnc4ccccc34)ccc2c1. The zero-order chi connectivity index (χ0) is 19.7. The van der Waals surface area contributed by atoms with E-state index in [0.29, 0.717) is 12.1 Å². The molecule has 0 bridgehead atoms. The molecule has 0 fully saturated rings. The van der Waals surface area contributed by atoms with E-state index in [4.69, 9.17) is 0 Å². The van der Waals surface area contributed by atoms with E-state index >= 15 is 0 Å². The predicted octanol–water partition coefficient (Wildman–Crippen LogP) is 5.62. The lowest BCUT2D eigenvalue weighted by molar-refractivity contribution is 0.0951. The Labute approximate surface area is 165 Å². The summed E-state index contributed by atoms with van der Waals surface area (Å²) in [6.45, 7) is 7.10. The summed E-state index contributed by atoms with van der Waals surface area (Å²) in [5, 5.41) is 6.34. The van der Waals surface area contributed by atoms with Crippen LogP contribution >= 0.6 is 0 Å². The molecule has 3 nitrogen and oxygen atoms in total. The summed E-state index contributed by atoms with van der Waals surface area (Å²) in [5.74, 6) is -0.0670. The third kappa shape index (κ3) is 3.61. The van der Waals surface area contributed by atoms with Crippen LogP contribution in [0.3, 0.4) is 0 Å². The van der Waals surface area contributed by atoms with Crippen LogP contribution in [0.25, 0.3) is 21.7 Å². The zero-order valence-corrected chi connectivity index (χ0v) is 16.5. The van der Waals surface area contributed by atoms with Crippen molar-refractivity contribution in [3.05, 3.63) is 89.6 Å². The van der Waals surface area contributed by atoms with Gasteiger partial charge in [0.05, 0.1) is 5.52 Å². The molecule has 28 heavy (non-hydrogen) atoms. The average Bonchev–Trinajstić information content (AvgIpc) is 2.70. The number of carbonyl (C=O) groups is 1. The second-order valence-electron chi connectivity index (χ2n) is 8.20. The highest BCUT2D eigenvalue weighted by Crippen LogP contribution is 2.26. The Morgan fingerprint density at radius 2 is 1.68 bits per heavy atom. The van der Waals surface area contributed by atoms with Crippen LogP contribution in [-0.2, 0) is 12.0 Å². The zero-order valence-electron chi connectivity index (χ0n) is 16.5. The molecule has 1 heterocycles. The van der Waals surface area contributed by atoms with Gasteiger partial charge in [0.15, 0.2) is 0 Å². The number of hydrogen-bond donors (Lipinski definition) is 1. The van der Waals surface area contributed by atoms with Gasteiger partial charge in [-0.15, -0.1) is 0 Å². The van der Waals surface area contributed by atoms with Crippen molar-refractivity contribution in [3.8, 4) is 0 Å². The smallest absolute Gasteiger partial charge is 0.251 e. The van der Waals surface area contributed by atoms with Crippen LogP contribution in [0.1, 0.15) is 42.3 Å². The molecule has 140 valence electrons. The van der Waals surface area contributed by atoms with Gasteiger partial charge in [0, 0.05) is 23.7 Å². The van der Waals surface area contributed by atoms with E-state index in [9.17, 15) is 4.79 Å². The number of fused-ring (bicyclic) bond motifs is 2. The molecule has 4 rings (SSSR count). The van der Waals surface area contributed by atoms with Gasteiger partial charge in [0.1, 0.15) is 0 Å². The third-order valence-electron chi connectivity index (χ3n) is 5.15. The number of nitrogens with one attached hydrogen (secondary N) is 1. The summed E-state index contributed by atoms with van der Waals surface area (Å²) in [7, 11) is 0. The quantitative estimate of drug-likeness (QED) is 0.510. The van der Waals surface area contributed by atoms with E-state index in [1.807, 2.05) is 48.5 Å². The first kappa shape index (κ1) is 18.2. The maximum atomic E-state index is 12.7. The topological polar surface area (TPSA) is 42.0 Å². The van der Waals surface area contributed by atoms with E-state index in [0.717, 1.165) is 27.2 Å². The van der Waals surface area contributed by atoms with Gasteiger partial charge in [-0.25, -0.2) is 0 Å². The minimum atomic E-state index is -0.0670. The van der Waals surface area contributed by atoms with Crippen LogP contribution in [-0.4, -0.2) is 10.9 Å². The molecule has 0 aliphatic heterocycles. The summed E-state index contributed by atoms with van der Waals surface area (Å²) >= 11 is 0. The van der Waals surface area contributed by atoms with E-state index in [-0.39, 0.29) is 11.3 Å². The lowest BCUT2D eigenvalue weighted by atomic mass is 9.86. The molecule has 4 aromatic rings. The summed E-state index contributed by atoms with van der Waals surface area (Å²) in [6, 6.07) is 22.3. The van der Waals surface area contributed by atoms with Crippen LogP contribution in [0.5, 0.6) is 0 Å². The fourth-order valence-corrected chi connectivity index (χ4v) is 3.44. The number of amides is 1. The van der Waals surface area contributed by atoms with Crippen LogP contribution < -0.4 is 5.32 Å². The van der Waals surface area contributed by atoms with Crippen molar-refractivity contribution in [2.75, 3.05) is 0 Å². The Bertz CT molecular complexity index is 1170. The van der Waals surface area contributed by atoms with Crippen molar-refractivity contribution >= 4 is 27.6 Å². The number of rotatable bonds is 3. The summed E-state index contributed by atoms with van der Waals surface area (Å²) in [6.07, 6.45) is 1.78. The molecule has 3 heteroatoms. The second-order valence-corrected chi connectivity index (χ2v) is 8.20. The molecule has 1 aromatic heterocycles. The van der Waals surface area contributed by atoms with E-state index in [1.165, 1.54) is 5.56 Å². The Kier molecular flexibility index (Phi) is 4.60. The molecular weight excluding hydrogens is 344 g/mol. The molecule has 0 radical (unpaired) electrons. The van der Waals surface area contributed by atoms with Gasteiger partial charge in [-0.1, -0.05) is 63.2 Å². The van der Waals surface area contributed by atoms with Gasteiger partial charge in [0.2, 0.25) is 0 Å². The third-order valence-corrected chi connectivity index (χ3v) is 5.15. The second kappa shape index (κ2) is 7.08. The fraction of sp³-hybridized carbons (Fsp3) is 0.200. The molecule has 0 unspecified atom stereocenters. The average molecular weight is 368 g/mol. The van der Waals surface area contributed by atoms with Crippen LogP contribution in [0.4, 0.5) is 0 Å². The summed E-state index contributed by atoms with van der Waals surface area (Å²) in [4.78, 5) is 17.1. The highest BCUT2D eigenvalue weighted by molar-refractivity contribution is 5.99. The minimum Gasteiger partial charge on any atom is -0.348 e. The Balaban J connectivity index is 1.55. The highest BCUT2D eigenvalue weighted by atomic mass is 16.1. The molecule has 3 aromatic carbocycles. The lowest BCUT2D eigenvalue weighted by Gasteiger charge is -2.19. The monoisotopic (exact) mass is 368 g/mol. The number of carbonyl (C=O) groups excluding carboxylic acids is 1. The molecule has 0 aliphatic rings. The summed E-state index contributed by atoms with van der Waals surface area (Å²) < 4.78 is 0. The fourth-order valence-electron chi connectivity index (χ4n) is 3.44. The normalized spacial score (nSPS) is 11.7. The van der Waals surface area contributed by atoms with Crippen molar-refractivity contribution in [1.29, 1.82) is 0 Å². The number of benzene rings is 3. The maximum absolute atomic E-state index is 12.7. The van der Waals surface area contributed by atoms with Gasteiger partial charge in [-0.3, -0.25) is 9.78 Å². The van der Waals surface area contributed by atoms with Crippen LogP contribution in [0, 0.1) is 0 Å². The Morgan fingerprint density at radius 3 is 2.50 bits per heavy atom. The molecule has 0 atom stereocenters. The molecule has 1 amide bonds. The van der Waals surface area contributed by atoms with Gasteiger partial charge < -0.3 is 5.32 Å². The minimum absolute atomic E-state index is 0.0670. The van der Waals surface area contributed by atoms with Crippen molar-refractivity contribution in [3.63, 3.8) is 0 Å². The number of nitrogens with zero attached hydrogens (tertiary/aromatic N) is 1. The maximum Gasteiger partial charge on any atom is 0.251 e. The number of aromatic nitrogens is 1. The largest absolute Gasteiger partial charge is 0.348 e. The van der Waals surface area contributed by atoms with Gasteiger partial charge in [0.25, 0.3) is 5.91 Å². The van der Waals surface area contributed by atoms with Gasteiger partial charge in [-0.05, 0) is 51.6 Å².